The first kappa shape index (κ1) is 24.3. The molecule has 0 saturated carbocycles. The number of hydrogen-bond acceptors (Lipinski definition) is 4. The molecule has 0 bridgehead atoms. The average Bonchev–Trinajstić information content (AvgIpc) is 3.11. The predicted octanol–water partition coefficient (Wildman–Crippen LogP) is 3.54. The zero-order chi connectivity index (χ0) is 24.7. The van der Waals surface area contributed by atoms with Gasteiger partial charge in [-0.2, -0.15) is 18.4 Å². The Hall–Kier alpha value is -3.32. The molecule has 2 atom stereocenters. The van der Waals surface area contributed by atoms with Crippen LogP contribution in [0.2, 0.25) is 0 Å². The van der Waals surface area contributed by atoms with E-state index in [1.54, 1.807) is 24.3 Å². The number of amides is 1. The first-order valence-corrected chi connectivity index (χ1v) is 10.5. The summed E-state index contributed by atoms with van der Waals surface area (Å²) in [6, 6.07) is 7.36. The van der Waals surface area contributed by atoms with E-state index in [0.29, 0.717) is 27.5 Å². The number of aliphatic hydroxyl groups excluding tert-OH is 1. The van der Waals surface area contributed by atoms with Gasteiger partial charge in [-0.3, -0.25) is 9.59 Å². The summed E-state index contributed by atoms with van der Waals surface area (Å²) in [7, 11) is 0. The van der Waals surface area contributed by atoms with Crippen molar-refractivity contribution in [3.8, 4) is 6.07 Å². The molecule has 0 spiro atoms. The van der Waals surface area contributed by atoms with Crippen molar-refractivity contribution in [3.05, 3.63) is 45.9 Å². The van der Waals surface area contributed by atoms with Crippen molar-refractivity contribution < 1.29 is 23.1 Å². The van der Waals surface area contributed by atoms with Crippen LogP contribution in [-0.4, -0.2) is 38.9 Å². The minimum Gasteiger partial charge on any atom is -0.382 e. The van der Waals surface area contributed by atoms with Gasteiger partial charge in [0.1, 0.15) is 18.1 Å². The highest BCUT2D eigenvalue weighted by molar-refractivity contribution is 6.08. The van der Waals surface area contributed by atoms with Gasteiger partial charge in [0.25, 0.3) is 5.56 Å². The number of aliphatic hydroxyl groups is 1. The standard InChI is InChI=1S/C23H25F3N4O3/c1-11(2)16-8-15-14-7-5-6-13(9-27)19(14)29-20(15)22(33)30(16)10-17(31)28-18(12(3)4)21(32)23(24,25)26/h5-8,11-12,18,21,29,32H,10H2,1-4H3,(H,28,31). The number of nitrogens with one attached hydrogen (secondary N) is 2. The molecule has 10 heteroatoms. The number of rotatable bonds is 6. The summed E-state index contributed by atoms with van der Waals surface area (Å²) < 4.78 is 40.3. The molecule has 3 aromatic rings. The number of hydrogen-bond donors (Lipinski definition) is 3. The molecule has 1 amide bonds. The second kappa shape index (κ2) is 8.90. The van der Waals surface area contributed by atoms with E-state index in [2.05, 4.69) is 16.4 Å². The molecule has 2 heterocycles. The molecule has 7 nitrogen and oxygen atoms in total. The minimum absolute atomic E-state index is 0.180. The summed E-state index contributed by atoms with van der Waals surface area (Å²) in [5, 5.41) is 22.6. The van der Waals surface area contributed by atoms with Gasteiger partial charge in [-0.15, -0.1) is 0 Å². The third-order valence-electron chi connectivity index (χ3n) is 5.67. The van der Waals surface area contributed by atoms with Crippen molar-refractivity contribution in [1.82, 2.24) is 14.9 Å². The second-order valence-corrected chi connectivity index (χ2v) is 8.69. The number of alkyl halides is 3. The van der Waals surface area contributed by atoms with Crippen LogP contribution in [0.3, 0.4) is 0 Å². The lowest BCUT2D eigenvalue weighted by atomic mass is 9.98. The number of nitrogens with zero attached hydrogens (tertiary/aromatic N) is 2. The maximum absolute atomic E-state index is 13.3. The molecule has 0 aliphatic carbocycles. The highest BCUT2D eigenvalue weighted by Gasteiger charge is 2.45. The molecule has 2 aromatic heterocycles. The lowest BCUT2D eigenvalue weighted by Gasteiger charge is -2.29. The molecule has 0 saturated heterocycles. The van der Waals surface area contributed by atoms with Crippen molar-refractivity contribution >= 4 is 27.7 Å². The van der Waals surface area contributed by atoms with Gasteiger partial charge in [0.05, 0.1) is 17.1 Å². The largest absolute Gasteiger partial charge is 0.416 e. The number of H-pyrrole nitrogens is 1. The predicted molar refractivity (Wildman–Crippen MR) is 118 cm³/mol. The van der Waals surface area contributed by atoms with E-state index in [9.17, 15) is 33.1 Å². The Morgan fingerprint density at radius 3 is 2.42 bits per heavy atom. The van der Waals surface area contributed by atoms with Crippen LogP contribution in [0, 0.1) is 17.2 Å². The van der Waals surface area contributed by atoms with Gasteiger partial charge in [0.2, 0.25) is 5.91 Å². The highest BCUT2D eigenvalue weighted by atomic mass is 19.4. The van der Waals surface area contributed by atoms with E-state index in [0.717, 1.165) is 0 Å². The van der Waals surface area contributed by atoms with E-state index in [1.807, 2.05) is 13.8 Å². The zero-order valence-corrected chi connectivity index (χ0v) is 18.6. The Balaban J connectivity index is 2.07. The molecule has 1 aromatic carbocycles. The quantitative estimate of drug-likeness (QED) is 0.520. The molecule has 0 aliphatic heterocycles. The lowest BCUT2D eigenvalue weighted by Crippen LogP contribution is -2.53. The fourth-order valence-corrected chi connectivity index (χ4v) is 3.96. The van der Waals surface area contributed by atoms with Crippen molar-refractivity contribution in [2.45, 2.75) is 58.5 Å². The van der Waals surface area contributed by atoms with E-state index < -0.39 is 42.3 Å². The molecule has 33 heavy (non-hydrogen) atoms. The van der Waals surface area contributed by atoms with E-state index in [4.69, 9.17) is 0 Å². The Kier molecular flexibility index (Phi) is 6.56. The number of aromatic amines is 1. The number of halogens is 3. The third-order valence-corrected chi connectivity index (χ3v) is 5.67. The molecule has 0 aliphatic rings. The summed E-state index contributed by atoms with van der Waals surface area (Å²) in [6.07, 6.45) is -7.63. The van der Waals surface area contributed by atoms with Crippen molar-refractivity contribution in [1.29, 1.82) is 5.26 Å². The number of pyridine rings is 1. The number of carbonyl (C=O) groups excluding carboxylic acids is 1. The van der Waals surface area contributed by atoms with E-state index in [-0.39, 0.29) is 11.4 Å². The summed E-state index contributed by atoms with van der Waals surface area (Å²) in [5.74, 6) is -1.71. The van der Waals surface area contributed by atoms with E-state index in [1.165, 1.54) is 18.4 Å². The Bertz CT molecular complexity index is 1300. The molecule has 0 fully saturated rings. The normalized spacial score (nSPS) is 14.1. The number of benzene rings is 1. The molecular formula is C23H25F3N4O3. The zero-order valence-electron chi connectivity index (χ0n) is 18.6. The average molecular weight is 462 g/mol. The number of fused-ring (bicyclic) bond motifs is 3. The van der Waals surface area contributed by atoms with Crippen LogP contribution < -0.4 is 10.9 Å². The molecule has 3 rings (SSSR count). The Morgan fingerprint density at radius 1 is 1.21 bits per heavy atom. The molecule has 0 radical (unpaired) electrons. The minimum atomic E-state index is -4.90. The lowest BCUT2D eigenvalue weighted by molar-refractivity contribution is -0.215. The van der Waals surface area contributed by atoms with Crippen LogP contribution in [0.5, 0.6) is 0 Å². The molecule has 176 valence electrons. The van der Waals surface area contributed by atoms with Crippen LogP contribution in [0.15, 0.2) is 29.1 Å². The summed E-state index contributed by atoms with van der Waals surface area (Å²) in [5.41, 5.74) is 1.05. The SMILES string of the molecule is CC(C)c1cc2c([nH]c3c(C#N)cccc32)c(=O)n1CC(=O)NC(C(C)C)C(O)C(F)(F)F. The summed E-state index contributed by atoms with van der Waals surface area (Å²) in [6.45, 7) is 6.05. The van der Waals surface area contributed by atoms with Crippen LogP contribution in [-0.2, 0) is 11.3 Å². The molecule has 3 N–H and O–H groups in total. The maximum Gasteiger partial charge on any atom is 0.416 e. The first-order valence-electron chi connectivity index (χ1n) is 10.5. The van der Waals surface area contributed by atoms with Crippen molar-refractivity contribution in [3.63, 3.8) is 0 Å². The number of nitriles is 1. The maximum atomic E-state index is 13.3. The van der Waals surface area contributed by atoms with Gasteiger partial charge in [-0.25, -0.2) is 0 Å². The van der Waals surface area contributed by atoms with Crippen LogP contribution in [0.25, 0.3) is 21.8 Å². The van der Waals surface area contributed by atoms with Gasteiger partial charge >= 0.3 is 6.18 Å². The van der Waals surface area contributed by atoms with E-state index >= 15 is 0 Å². The summed E-state index contributed by atoms with van der Waals surface area (Å²) >= 11 is 0. The van der Waals surface area contributed by atoms with Crippen molar-refractivity contribution in [2.24, 2.45) is 5.92 Å². The Labute approximate surface area is 187 Å². The highest BCUT2D eigenvalue weighted by Crippen LogP contribution is 2.29. The fourth-order valence-electron chi connectivity index (χ4n) is 3.96. The van der Waals surface area contributed by atoms with Gasteiger partial charge < -0.3 is 20.0 Å². The smallest absolute Gasteiger partial charge is 0.382 e. The topological polar surface area (TPSA) is 111 Å². The second-order valence-electron chi connectivity index (χ2n) is 8.69. The molecule has 2 unspecified atom stereocenters. The number of carbonyl (C=O) groups is 1. The van der Waals surface area contributed by atoms with Gasteiger partial charge in [0.15, 0.2) is 6.10 Å². The van der Waals surface area contributed by atoms with Crippen molar-refractivity contribution in [2.75, 3.05) is 0 Å². The third kappa shape index (κ3) is 4.59. The monoisotopic (exact) mass is 462 g/mol. The Morgan fingerprint density at radius 2 is 1.88 bits per heavy atom. The van der Waals surface area contributed by atoms with Crippen LogP contribution in [0.4, 0.5) is 13.2 Å². The van der Waals surface area contributed by atoms with Gasteiger partial charge in [-0.1, -0.05) is 39.8 Å². The van der Waals surface area contributed by atoms with Crippen LogP contribution in [0.1, 0.15) is 44.9 Å². The van der Waals surface area contributed by atoms with Crippen LogP contribution >= 0.6 is 0 Å². The van der Waals surface area contributed by atoms with Gasteiger partial charge in [-0.05, 0) is 24.0 Å². The number of aromatic nitrogens is 2. The molecular weight excluding hydrogens is 437 g/mol. The fraction of sp³-hybridized carbons (Fsp3) is 0.435. The summed E-state index contributed by atoms with van der Waals surface area (Å²) in [4.78, 5) is 29.0. The van der Waals surface area contributed by atoms with Gasteiger partial charge in [0, 0.05) is 16.5 Å². The first-order chi connectivity index (χ1) is 15.4. The number of para-hydroxylation sites is 1.